The second-order valence-corrected chi connectivity index (χ2v) is 6.53. The van der Waals surface area contributed by atoms with E-state index >= 15 is 0 Å². The standard InChI is InChI=1S/C19H32N2/c1-3-15-20-18-11-13-19(14-12-18)21(2)16-7-10-17-8-5-4-6-9-17/h4-6,8-9,18-20H,3,7,10-16H2,1-2H3. The summed E-state index contributed by atoms with van der Waals surface area (Å²) in [6.07, 6.45) is 9.17. The Bertz CT molecular complexity index is 368. The first-order chi connectivity index (χ1) is 10.3. The van der Waals surface area contributed by atoms with E-state index in [1.54, 1.807) is 0 Å². The summed E-state index contributed by atoms with van der Waals surface area (Å²) in [5.41, 5.74) is 1.47. The molecular formula is C19H32N2. The monoisotopic (exact) mass is 288 g/mol. The Hall–Kier alpha value is -0.860. The number of benzene rings is 1. The molecule has 1 fully saturated rings. The highest BCUT2D eigenvalue weighted by Crippen LogP contribution is 2.22. The van der Waals surface area contributed by atoms with Gasteiger partial charge < -0.3 is 10.2 Å². The van der Waals surface area contributed by atoms with Crippen molar-refractivity contribution in [2.75, 3.05) is 20.1 Å². The maximum absolute atomic E-state index is 3.68. The predicted octanol–water partition coefficient (Wildman–Crippen LogP) is 3.86. The molecule has 1 aliphatic rings. The van der Waals surface area contributed by atoms with Crippen LogP contribution in [0.3, 0.4) is 0 Å². The van der Waals surface area contributed by atoms with E-state index in [1.165, 1.54) is 63.6 Å². The highest BCUT2D eigenvalue weighted by molar-refractivity contribution is 5.14. The summed E-state index contributed by atoms with van der Waals surface area (Å²) < 4.78 is 0. The first-order valence-electron chi connectivity index (χ1n) is 8.77. The first kappa shape index (κ1) is 16.5. The Morgan fingerprint density at radius 2 is 1.81 bits per heavy atom. The van der Waals surface area contributed by atoms with Crippen LogP contribution in [0.2, 0.25) is 0 Å². The topological polar surface area (TPSA) is 15.3 Å². The number of hydrogen-bond donors (Lipinski definition) is 1. The van der Waals surface area contributed by atoms with Crippen molar-refractivity contribution < 1.29 is 0 Å². The van der Waals surface area contributed by atoms with Gasteiger partial charge in [0.15, 0.2) is 0 Å². The maximum Gasteiger partial charge on any atom is 0.00933 e. The zero-order valence-corrected chi connectivity index (χ0v) is 13.9. The molecule has 1 aliphatic carbocycles. The van der Waals surface area contributed by atoms with E-state index in [0.29, 0.717) is 0 Å². The second-order valence-electron chi connectivity index (χ2n) is 6.53. The Morgan fingerprint density at radius 1 is 1.10 bits per heavy atom. The van der Waals surface area contributed by atoms with Gasteiger partial charge >= 0.3 is 0 Å². The largest absolute Gasteiger partial charge is 0.314 e. The lowest BCUT2D eigenvalue weighted by molar-refractivity contribution is 0.173. The lowest BCUT2D eigenvalue weighted by atomic mass is 9.90. The van der Waals surface area contributed by atoms with E-state index in [9.17, 15) is 0 Å². The van der Waals surface area contributed by atoms with Crippen molar-refractivity contribution >= 4 is 0 Å². The average molecular weight is 288 g/mol. The Morgan fingerprint density at radius 3 is 2.48 bits per heavy atom. The van der Waals surface area contributed by atoms with Crippen molar-refractivity contribution in [2.24, 2.45) is 0 Å². The van der Waals surface area contributed by atoms with Gasteiger partial charge in [0.25, 0.3) is 0 Å². The SMILES string of the molecule is CCCNC1CCC(N(C)CCCc2ccccc2)CC1. The summed E-state index contributed by atoms with van der Waals surface area (Å²) in [5.74, 6) is 0. The number of nitrogens with one attached hydrogen (secondary N) is 1. The Labute approximate surface area is 130 Å². The minimum Gasteiger partial charge on any atom is -0.314 e. The molecule has 21 heavy (non-hydrogen) atoms. The van der Waals surface area contributed by atoms with Crippen LogP contribution in [0.4, 0.5) is 0 Å². The van der Waals surface area contributed by atoms with Crippen molar-refractivity contribution in [1.29, 1.82) is 0 Å². The molecular weight excluding hydrogens is 256 g/mol. The third-order valence-corrected chi connectivity index (χ3v) is 4.82. The summed E-state index contributed by atoms with van der Waals surface area (Å²) >= 11 is 0. The third kappa shape index (κ3) is 5.80. The fraction of sp³-hybridized carbons (Fsp3) is 0.684. The van der Waals surface area contributed by atoms with Crippen LogP contribution in [-0.4, -0.2) is 37.1 Å². The third-order valence-electron chi connectivity index (χ3n) is 4.82. The molecule has 1 aromatic rings. The molecule has 1 aromatic carbocycles. The lowest BCUT2D eigenvalue weighted by Gasteiger charge is -2.35. The van der Waals surface area contributed by atoms with Gasteiger partial charge in [-0.25, -0.2) is 0 Å². The maximum atomic E-state index is 3.68. The first-order valence-corrected chi connectivity index (χ1v) is 8.77. The van der Waals surface area contributed by atoms with Crippen LogP contribution >= 0.6 is 0 Å². The summed E-state index contributed by atoms with van der Waals surface area (Å²) in [4.78, 5) is 2.60. The molecule has 0 aromatic heterocycles. The van der Waals surface area contributed by atoms with Crippen LogP contribution in [-0.2, 0) is 6.42 Å². The van der Waals surface area contributed by atoms with Gasteiger partial charge in [-0.15, -0.1) is 0 Å². The predicted molar refractivity (Wildman–Crippen MR) is 91.7 cm³/mol. The highest BCUT2D eigenvalue weighted by atomic mass is 15.1. The van der Waals surface area contributed by atoms with Gasteiger partial charge in [-0.05, 0) is 70.6 Å². The van der Waals surface area contributed by atoms with Crippen LogP contribution in [0, 0.1) is 0 Å². The number of aryl methyl sites for hydroxylation is 1. The zero-order valence-electron chi connectivity index (χ0n) is 13.9. The fourth-order valence-corrected chi connectivity index (χ4v) is 3.43. The number of hydrogen-bond acceptors (Lipinski definition) is 2. The molecule has 118 valence electrons. The van der Waals surface area contributed by atoms with E-state index in [0.717, 1.165) is 12.1 Å². The van der Waals surface area contributed by atoms with Gasteiger partial charge in [0.05, 0.1) is 0 Å². The smallest absolute Gasteiger partial charge is 0.00933 e. The molecule has 0 saturated heterocycles. The molecule has 0 unspecified atom stereocenters. The van der Waals surface area contributed by atoms with Crippen molar-refractivity contribution in [1.82, 2.24) is 10.2 Å². The molecule has 1 saturated carbocycles. The minimum atomic E-state index is 0.777. The van der Waals surface area contributed by atoms with E-state index in [-0.39, 0.29) is 0 Å². The second kappa shape index (κ2) is 9.22. The molecule has 0 radical (unpaired) electrons. The van der Waals surface area contributed by atoms with E-state index in [2.05, 4.69) is 54.5 Å². The van der Waals surface area contributed by atoms with Crippen LogP contribution in [0.1, 0.15) is 51.0 Å². The van der Waals surface area contributed by atoms with Gasteiger partial charge in [0.1, 0.15) is 0 Å². The molecule has 0 bridgehead atoms. The summed E-state index contributed by atoms with van der Waals surface area (Å²) in [6.45, 7) is 4.66. The van der Waals surface area contributed by atoms with Crippen molar-refractivity contribution in [3.8, 4) is 0 Å². The molecule has 0 amide bonds. The van der Waals surface area contributed by atoms with Crippen molar-refractivity contribution in [3.05, 3.63) is 35.9 Å². The Kier molecular flexibility index (Phi) is 7.25. The molecule has 2 nitrogen and oxygen atoms in total. The van der Waals surface area contributed by atoms with Crippen LogP contribution in [0.15, 0.2) is 30.3 Å². The lowest BCUT2D eigenvalue weighted by Crippen LogP contribution is -2.41. The fourth-order valence-electron chi connectivity index (χ4n) is 3.43. The normalized spacial score (nSPS) is 22.6. The van der Waals surface area contributed by atoms with Gasteiger partial charge in [-0.2, -0.15) is 0 Å². The average Bonchev–Trinajstić information content (AvgIpc) is 2.54. The van der Waals surface area contributed by atoms with Gasteiger partial charge in [0, 0.05) is 12.1 Å². The van der Waals surface area contributed by atoms with Crippen LogP contribution in [0.25, 0.3) is 0 Å². The molecule has 0 atom stereocenters. The quantitative estimate of drug-likeness (QED) is 0.781. The highest BCUT2D eigenvalue weighted by Gasteiger charge is 2.23. The van der Waals surface area contributed by atoms with Crippen LogP contribution < -0.4 is 5.32 Å². The van der Waals surface area contributed by atoms with Gasteiger partial charge in [-0.3, -0.25) is 0 Å². The minimum absolute atomic E-state index is 0.777. The zero-order chi connectivity index (χ0) is 14.9. The van der Waals surface area contributed by atoms with Crippen LogP contribution in [0.5, 0.6) is 0 Å². The van der Waals surface area contributed by atoms with Crippen molar-refractivity contribution in [3.63, 3.8) is 0 Å². The Balaban J connectivity index is 1.62. The van der Waals surface area contributed by atoms with Gasteiger partial charge in [-0.1, -0.05) is 37.3 Å². The van der Waals surface area contributed by atoms with E-state index in [1.807, 2.05) is 0 Å². The molecule has 1 N–H and O–H groups in total. The summed E-state index contributed by atoms with van der Waals surface area (Å²) in [7, 11) is 2.31. The van der Waals surface area contributed by atoms with E-state index < -0.39 is 0 Å². The molecule has 0 spiro atoms. The molecule has 2 heteroatoms. The number of nitrogens with zero attached hydrogens (tertiary/aromatic N) is 1. The van der Waals surface area contributed by atoms with E-state index in [4.69, 9.17) is 0 Å². The molecule has 2 rings (SSSR count). The summed E-state index contributed by atoms with van der Waals surface area (Å²) in [6, 6.07) is 12.4. The van der Waals surface area contributed by atoms with Gasteiger partial charge in [0.2, 0.25) is 0 Å². The summed E-state index contributed by atoms with van der Waals surface area (Å²) in [5, 5.41) is 3.68. The molecule has 0 heterocycles. The molecule has 0 aliphatic heterocycles. The van der Waals surface area contributed by atoms with Crippen molar-refractivity contribution in [2.45, 2.75) is 64.0 Å². The number of rotatable bonds is 8.